The molecule has 0 spiro atoms. The molecule has 2 saturated heterocycles. The number of nitrogens with zero attached hydrogens (tertiary/aromatic N) is 2. The van der Waals surface area contributed by atoms with Crippen molar-refractivity contribution in [2.24, 2.45) is 17.8 Å². The molecule has 2 atom stereocenters. The molecule has 1 amide bonds. The van der Waals surface area contributed by atoms with Crippen molar-refractivity contribution in [2.45, 2.75) is 45.3 Å². The number of carbonyl (C=O) groups is 1. The van der Waals surface area contributed by atoms with Gasteiger partial charge in [-0.1, -0.05) is 0 Å². The number of ether oxygens (including phenoxy) is 1. The monoisotopic (exact) mass is 309 g/mol. The van der Waals surface area contributed by atoms with Crippen LogP contribution in [0.1, 0.15) is 33.6 Å². The standard InChI is InChI=1S/C17H31N3O2/c1-17(2,3)22-16(21)20-10-13-14(11-20)15(13)18-9-12-5-7-19(4)8-6-12/h12-15,18H,5-11H2,1-4H3. The van der Waals surface area contributed by atoms with Gasteiger partial charge in [-0.25, -0.2) is 4.79 Å². The molecule has 22 heavy (non-hydrogen) atoms. The second-order valence-electron chi connectivity index (χ2n) is 8.39. The van der Waals surface area contributed by atoms with Crippen LogP contribution in [0, 0.1) is 17.8 Å². The smallest absolute Gasteiger partial charge is 0.410 e. The molecule has 0 aromatic heterocycles. The number of piperidine rings is 2. The number of amides is 1. The Bertz CT molecular complexity index is 401. The summed E-state index contributed by atoms with van der Waals surface area (Å²) in [4.78, 5) is 16.3. The van der Waals surface area contributed by atoms with Crippen LogP contribution in [0.25, 0.3) is 0 Å². The van der Waals surface area contributed by atoms with Gasteiger partial charge in [-0.3, -0.25) is 0 Å². The number of hydrogen-bond acceptors (Lipinski definition) is 4. The van der Waals surface area contributed by atoms with Gasteiger partial charge in [0.25, 0.3) is 0 Å². The van der Waals surface area contributed by atoms with Crippen molar-refractivity contribution in [3.8, 4) is 0 Å². The predicted octanol–water partition coefficient (Wildman–Crippen LogP) is 1.78. The number of hydrogen-bond donors (Lipinski definition) is 1. The summed E-state index contributed by atoms with van der Waals surface area (Å²) in [6.45, 7) is 11.1. The Morgan fingerprint density at radius 3 is 2.32 bits per heavy atom. The molecule has 3 aliphatic rings. The highest BCUT2D eigenvalue weighted by Gasteiger charge is 2.57. The van der Waals surface area contributed by atoms with Crippen LogP contribution in [0.4, 0.5) is 4.79 Å². The molecule has 5 nitrogen and oxygen atoms in total. The maximum atomic E-state index is 12.0. The molecule has 5 heteroatoms. The van der Waals surface area contributed by atoms with Crippen molar-refractivity contribution in [1.82, 2.24) is 15.1 Å². The van der Waals surface area contributed by atoms with Gasteiger partial charge in [0, 0.05) is 19.1 Å². The molecular weight excluding hydrogens is 278 g/mol. The van der Waals surface area contributed by atoms with E-state index in [9.17, 15) is 4.79 Å². The Morgan fingerprint density at radius 2 is 1.77 bits per heavy atom. The highest BCUT2D eigenvalue weighted by atomic mass is 16.6. The van der Waals surface area contributed by atoms with Gasteiger partial charge in [-0.05, 0) is 78.0 Å². The lowest BCUT2D eigenvalue weighted by molar-refractivity contribution is 0.0269. The Morgan fingerprint density at radius 1 is 1.18 bits per heavy atom. The maximum Gasteiger partial charge on any atom is 0.410 e. The van der Waals surface area contributed by atoms with Crippen LogP contribution in [0.2, 0.25) is 0 Å². The molecule has 0 aromatic rings. The zero-order chi connectivity index (χ0) is 15.9. The van der Waals surface area contributed by atoms with Crippen LogP contribution in [0.3, 0.4) is 0 Å². The van der Waals surface area contributed by atoms with E-state index >= 15 is 0 Å². The maximum absolute atomic E-state index is 12.0. The summed E-state index contributed by atoms with van der Waals surface area (Å²) in [5.74, 6) is 2.14. The SMILES string of the molecule is CN1CCC(CNC2C3CN(C(=O)OC(C)(C)C)CC32)CC1. The largest absolute Gasteiger partial charge is 0.444 e. The average Bonchev–Trinajstić information content (AvgIpc) is 2.88. The van der Waals surface area contributed by atoms with Crippen LogP contribution in [-0.4, -0.2) is 67.3 Å². The lowest BCUT2D eigenvalue weighted by Gasteiger charge is -2.29. The molecule has 3 rings (SSSR count). The summed E-state index contributed by atoms with van der Waals surface area (Å²) in [6.07, 6.45) is 2.49. The number of rotatable bonds is 3. The summed E-state index contributed by atoms with van der Waals surface area (Å²) >= 11 is 0. The van der Waals surface area contributed by atoms with Gasteiger partial charge in [0.2, 0.25) is 0 Å². The molecule has 126 valence electrons. The normalized spacial score (nSPS) is 32.9. The van der Waals surface area contributed by atoms with Gasteiger partial charge in [-0.15, -0.1) is 0 Å². The highest BCUT2D eigenvalue weighted by molar-refractivity contribution is 5.69. The third-order valence-electron chi connectivity index (χ3n) is 5.33. The van der Waals surface area contributed by atoms with Crippen molar-refractivity contribution < 1.29 is 9.53 Å². The first kappa shape index (κ1) is 16.1. The molecule has 3 fully saturated rings. The van der Waals surface area contributed by atoms with E-state index in [-0.39, 0.29) is 6.09 Å². The quantitative estimate of drug-likeness (QED) is 0.863. The van der Waals surface area contributed by atoms with Crippen LogP contribution >= 0.6 is 0 Å². The summed E-state index contributed by atoms with van der Waals surface area (Å²) < 4.78 is 5.45. The van der Waals surface area contributed by atoms with Crippen LogP contribution in [0.5, 0.6) is 0 Å². The number of nitrogens with one attached hydrogen (secondary N) is 1. The summed E-state index contributed by atoms with van der Waals surface area (Å²) in [6, 6.07) is 0.637. The van der Waals surface area contributed by atoms with Gasteiger partial charge in [0.1, 0.15) is 5.60 Å². The Labute approximate surface area is 134 Å². The molecule has 0 bridgehead atoms. The highest BCUT2D eigenvalue weighted by Crippen LogP contribution is 2.45. The number of carbonyl (C=O) groups excluding carboxylic acids is 1. The first-order valence-corrected chi connectivity index (χ1v) is 8.73. The fourth-order valence-corrected chi connectivity index (χ4v) is 3.87. The van der Waals surface area contributed by atoms with E-state index in [1.54, 1.807) is 0 Å². The fraction of sp³-hybridized carbons (Fsp3) is 0.941. The zero-order valence-electron chi connectivity index (χ0n) is 14.5. The average molecular weight is 309 g/mol. The van der Waals surface area contributed by atoms with Crippen molar-refractivity contribution in [3.63, 3.8) is 0 Å². The molecular formula is C17H31N3O2. The van der Waals surface area contributed by atoms with Crippen LogP contribution in [0.15, 0.2) is 0 Å². The lowest BCUT2D eigenvalue weighted by atomic mass is 9.97. The van der Waals surface area contributed by atoms with Gasteiger partial charge >= 0.3 is 6.09 Å². The van der Waals surface area contributed by atoms with E-state index in [4.69, 9.17) is 4.74 Å². The van der Waals surface area contributed by atoms with E-state index in [0.717, 1.165) is 25.6 Å². The number of likely N-dealkylation sites (tertiary alicyclic amines) is 2. The topological polar surface area (TPSA) is 44.8 Å². The van der Waals surface area contributed by atoms with Gasteiger partial charge in [0.05, 0.1) is 0 Å². The third kappa shape index (κ3) is 3.74. The lowest BCUT2D eigenvalue weighted by Crippen LogP contribution is -2.40. The molecule has 1 saturated carbocycles. The molecule has 1 N–H and O–H groups in total. The molecule has 0 aromatic carbocycles. The summed E-state index contributed by atoms with van der Waals surface area (Å²) in [5, 5.41) is 3.75. The van der Waals surface area contributed by atoms with E-state index in [1.165, 1.54) is 25.9 Å². The third-order valence-corrected chi connectivity index (χ3v) is 5.33. The molecule has 1 aliphatic carbocycles. The Kier molecular flexibility index (Phi) is 4.38. The first-order chi connectivity index (χ1) is 10.3. The van der Waals surface area contributed by atoms with Gasteiger partial charge in [0.15, 0.2) is 0 Å². The molecule has 2 heterocycles. The van der Waals surface area contributed by atoms with Crippen molar-refractivity contribution in [2.75, 3.05) is 39.8 Å². The van der Waals surface area contributed by atoms with E-state index < -0.39 is 5.60 Å². The predicted molar refractivity (Wildman–Crippen MR) is 86.8 cm³/mol. The van der Waals surface area contributed by atoms with Crippen molar-refractivity contribution in [1.29, 1.82) is 0 Å². The van der Waals surface area contributed by atoms with E-state index in [1.807, 2.05) is 25.7 Å². The van der Waals surface area contributed by atoms with E-state index in [2.05, 4.69) is 17.3 Å². The van der Waals surface area contributed by atoms with Crippen LogP contribution in [-0.2, 0) is 4.74 Å². The van der Waals surface area contributed by atoms with Gasteiger partial charge < -0.3 is 19.9 Å². The minimum Gasteiger partial charge on any atom is -0.444 e. The van der Waals surface area contributed by atoms with Gasteiger partial charge in [-0.2, -0.15) is 0 Å². The van der Waals surface area contributed by atoms with E-state index in [0.29, 0.717) is 17.9 Å². The minimum absolute atomic E-state index is 0.145. The zero-order valence-corrected chi connectivity index (χ0v) is 14.5. The van der Waals surface area contributed by atoms with Crippen molar-refractivity contribution >= 4 is 6.09 Å². The molecule has 2 aliphatic heterocycles. The Hall–Kier alpha value is -0.810. The van der Waals surface area contributed by atoms with Crippen LogP contribution < -0.4 is 5.32 Å². The Balaban J connectivity index is 1.35. The molecule has 0 radical (unpaired) electrons. The van der Waals surface area contributed by atoms with Crippen molar-refractivity contribution in [3.05, 3.63) is 0 Å². The minimum atomic E-state index is -0.393. The summed E-state index contributed by atoms with van der Waals surface area (Å²) in [5.41, 5.74) is -0.393. The molecule has 2 unspecified atom stereocenters. The number of fused-ring (bicyclic) bond motifs is 1. The summed E-state index contributed by atoms with van der Waals surface area (Å²) in [7, 11) is 2.21. The fourth-order valence-electron chi connectivity index (χ4n) is 3.87. The second kappa shape index (κ2) is 6.00. The second-order valence-corrected chi connectivity index (χ2v) is 8.39. The first-order valence-electron chi connectivity index (χ1n) is 8.73.